The van der Waals surface area contributed by atoms with Crippen molar-refractivity contribution < 1.29 is 13.6 Å². The zero-order valence-corrected chi connectivity index (χ0v) is 18.2. The standard InChI is InChI=1S/C24H18FN7O2/c1-14-5-3-4-6-19(14)24-29-28-23(34-24)17-9-7-16(8-10-17)22(33)26-18-11-12-20(25)21(13-18)32-15(2)27-30-31-32/h3-13H,1-2H3,(H,26,33). The van der Waals surface area contributed by atoms with Gasteiger partial charge in [0.25, 0.3) is 5.91 Å². The average molecular weight is 455 g/mol. The summed E-state index contributed by atoms with van der Waals surface area (Å²) in [7, 11) is 0. The maximum absolute atomic E-state index is 14.3. The van der Waals surface area contributed by atoms with E-state index in [1.54, 1.807) is 31.2 Å². The van der Waals surface area contributed by atoms with Gasteiger partial charge in [-0.15, -0.1) is 15.3 Å². The number of nitrogens with one attached hydrogen (secondary N) is 1. The highest BCUT2D eigenvalue weighted by Gasteiger charge is 2.15. The van der Waals surface area contributed by atoms with Gasteiger partial charge in [0.05, 0.1) is 0 Å². The number of hydrogen-bond acceptors (Lipinski definition) is 7. The smallest absolute Gasteiger partial charge is 0.255 e. The molecule has 0 atom stereocenters. The van der Waals surface area contributed by atoms with Crippen LogP contribution in [0.1, 0.15) is 21.7 Å². The minimum atomic E-state index is -0.512. The Labute approximate surface area is 193 Å². The van der Waals surface area contributed by atoms with Crippen molar-refractivity contribution in [3.05, 3.63) is 89.5 Å². The van der Waals surface area contributed by atoms with E-state index < -0.39 is 5.82 Å². The first-order valence-corrected chi connectivity index (χ1v) is 10.4. The van der Waals surface area contributed by atoms with E-state index in [4.69, 9.17) is 4.42 Å². The molecule has 168 valence electrons. The normalized spacial score (nSPS) is 10.9. The molecular formula is C24H18FN7O2. The number of hydrogen-bond donors (Lipinski definition) is 1. The van der Waals surface area contributed by atoms with Crippen LogP contribution in [0.2, 0.25) is 0 Å². The molecule has 0 fully saturated rings. The number of benzene rings is 3. The quantitative estimate of drug-likeness (QED) is 0.418. The van der Waals surface area contributed by atoms with Crippen molar-refractivity contribution in [3.8, 4) is 28.6 Å². The molecule has 0 unspecified atom stereocenters. The largest absolute Gasteiger partial charge is 0.416 e. The van der Waals surface area contributed by atoms with Crippen molar-refractivity contribution in [1.29, 1.82) is 0 Å². The Morgan fingerprint density at radius 2 is 1.71 bits per heavy atom. The van der Waals surface area contributed by atoms with E-state index in [0.717, 1.165) is 11.1 Å². The maximum Gasteiger partial charge on any atom is 0.255 e. The SMILES string of the molecule is Cc1ccccc1-c1nnc(-c2ccc(C(=O)Nc3ccc(F)c(-n4nnnc4C)c3)cc2)o1. The predicted molar refractivity (Wildman–Crippen MR) is 122 cm³/mol. The predicted octanol–water partition coefficient (Wildman–Crippen LogP) is 4.39. The van der Waals surface area contributed by atoms with Crippen LogP contribution in [0, 0.1) is 19.7 Å². The molecule has 3 aromatic carbocycles. The first kappa shape index (κ1) is 21.1. The molecule has 5 aromatic rings. The lowest BCUT2D eigenvalue weighted by atomic mass is 10.1. The van der Waals surface area contributed by atoms with Crippen LogP contribution in [0.5, 0.6) is 0 Å². The molecule has 2 heterocycles. The average Bonchev–Trinajstić information content (AvgIpc) is 3.50. The topological polar surface area (TPSA) is 112 Å². The van der Waals surface area contributed by atoms with Gasteiger partial charge in [-0.3, -0.25) is 4.79 Å². The third-order valence-corrected chi connectivity index (χ3v) is 5.25. The van der Waals surface area contributed by atoms with Crippen LogP contribution in [0.3, 0.4) is 0 Å². The van der Waals surface area contributed by atoms with Crippen molar-refractivity contribution in [2.24, 2.45) is 0 Å². The Bertz CT molecular complexity index is 1490. The molecule has 2 aromatic heterocycles. The number of tetrazole rings is 1. The van der Waals surface area contributed by atoms with Crippen LogP contribution in [-0.4, -0.2) is 36.3 Å². The van der Waals surface area contributed by atoms with Gasteiger partial charge in [0, 0.05) is 22.4 Å². The number of nitrogens with zero attached hydrogens (tertiary/aromatic N) is 6. The molecule has 0 radical (unpaired) electrons. The van der Waals surface area contributed by atoms with E-state index in [1.165, 1.54) is 22.9 Å². The molecule has 9 nitrogen and oxygen atoms in total. The van der Waals surface area contributed by atoms with Gasteiger partial charge in [-0.1, -0.05) is 18.2 Å². The fourth-order valence-corrected chi connectivity index (χ4v) is 3.44. The van der Waals surface area contributed by atoms with Gasteiger partial charge in [-0.2, -0.15) is 4.68 Å². The molecule has 0 saturated carbocycles. The molecular weight excluding hydrogens is 437 g/mol. The van der Waals surface area contributed by atoms with Crippen LogP contribution in [0.15, 0.2) is 71.1 Å². The van der Waals surface area contributed by atoms with Crippen molar-refractivity contribution in [2.75, 3.05) is 5.32 Å². The van der Waals surface area contributed by atoms with Gasteiger partial charge in [0.2, 0.25) is 11.8 Å². The minimum Gasteiger partial charge on any atom is -0.416 e. The second kappa shape index (κ2) is 8.66. The molecule has 1 N–H and O–H groups in total. The van der Waals surface area contributed by atoms with Crippen LogP contribution < -0.4 is 5.32 Å². The van der Waals surface area contributed by atoms with Crippen LogP contribution >= 0.6 is 0 Å². The van der Waals surface area contributed by atoms with E-state index in [-0.39, 0.29) is 11.6 Å². The molecule has 0 aliphatic rings. The summed E-state index contributed by atoms with van der Waals surface area (Å²) in [6, 6.07) is 18.7. The summed E-state index contributed by atoms with van der Waals surface area (Å²) in [4.78, 5) is 12.7. The van der Waals surface area contributed by atoms with E-state index in [9.17, 15) is 9.18 Å². The Morgan fingerprint density at radius 3 is 2.44 bits per heavy atom. The van der Waals surface area contributed by atoms with Crippen LogP contribution in [-0.2, 0) is 0 Å². The zero-order chi connectivity index (χ0) is 23.7. The fraction of sp³-hybridized carbons (Fsp3) is 0.0833. The van der Waals surface area contributed by atoms with E-state index in [0.29, 0.717) is 34.4 Å². The number of rotatable bonds is 5. The van der Waals surface area contributed by atoms with Gasteiger partial charge in [0.1, 0.15) is 11.5 Å². The number of halogens is 1. The lowest BCUT2D eigenvalue weighted by molar-refractivity contribution is 0.102. The van der Waals surface area contributed by atoms with Crippen molar-refractivity contribution in [1.82, 2.24) is 30.4 Å². The van der Waals surface area contributed by atoms with E-state index in [2.05, 4.69) is 31.0 Å². The molecule has 1 amide bonds. The highest BCUT2D eigenvalue weighted by Crippen LogP contribution is 2.26. The van der Waals surface area contributed by atoms with E-state index >= 15 is 0 Å². The van der Waals surface area contributed by atoms with Gasteiger partial charge < -0.3 is 9.73 Å². The molecule has 10 heteroatoms. The second-order valence-corrected chi connectivity index (χ2v) is 7.56. The first-order valence-electron chi connectivity index (χ1n) is 10.4. The summed E-state index contributed by atoms with van der Waals surface area (Å²) >= 11 is 0. The summed E-state index contributed by atoms with van der Waals surface area (Å²) in [6.07, 6.45) is 0. The fourth-order valence-electron chi connectivity index (χ4n) is 3.44. The molecule has 0 spiro atoms. The maximum atomic E-state index is 14.3. The third kappa shape index (κ3) is 4.04. The number of carbonyl (C=O) groups is 1. The Kier molecular flexibility index (Phi) is 5.38. The lowest BCUT2D eigenvalue weighted by Crippen LogP contribution is -2.12. The van der Waals surface area contributed by atoms with Gasteiger partial charge in [0.15, 0.2) is 5.82 Å². The number of amides is 1. The highest BCUT2D eigenvalue weighted by atomic mass is 19.1. The van der Waals surface area contributed by atoms with Crippen LogP contribution in [0.25, 0.3) is 28.6 Å². The Morgan fingerprint density at radius 1 is 0.941 bits per heavy atom. The molecule has 0 aliphatic carbocycles. The summed E-state index contributed by atoms with van der Waals surface area (Å²) < 4.78 is 21.3. The lowest BCUT2D eigenvalue weighted by Gasteiger charge is -2.09. The van der Waals surface area contributed by atoms with Gasteiger partial charge in [-0.05, 0) is 78.4 Å². The number of aryl methyl sites for hydroxylation is 2. The molecule has 0 bridgehead atoms. The summed E-state index contributed by atoms with van der Waals surface area (Å²) in [6.45, 7) is 3.63. The van der Waals surface area contributed by atoms with Crippen molar-refractivity contribution >= 4 is 11.6 Å². The molecule has 5 rings (SSSR count). The Balaban J connectivity index is 1.33. The Hall–Kier alpha value is -4.73. The monoisotopic (exact) mass is 455 g/mol. The first-order chi connectivity index (χ1) is 16.5. The van der Waals surface area contributed by atoms with Crippen LogP contribution in [0.4, 0.5) is 10.1 Å². The zero-order valence-electron chi connectivity index (χ0n) is 18.2. The molecule has 34 heavy (non-hydrogen) atoms. The van der Waals surface area contributed by atoms with Crippen molar-refractivity contribution in [2.45, 2.75) is 13.8 Å². The highest BCUT2D eigenvalue weighted by molar-refractivity contribution is 6.04. The summed E-state index contributed by atoms with van der Waals surface area (Å²) in [5.41, 5.74) is 3.53. The number of aromatic nitrogens is 6. The number of anilines is 1. The van der Waals surface area contributed by atoms with Crippen molar-refractivity contribution in [3.63, 3.8) is 0 Å². The van der Waals surface area contributed by atoms with E-state index in [1.807, 2.05) is 31.2 Å². The summed E-state index contributed by atoms with van der Waals surface area (Å²) in [5.74, 6) is 0.334. The number of carbonyl (C=O) groups excluding carboxylic acids is 1. The van der Waals surface area contributed by atoms with Gasteiger partial charge in [-0.25, -0.2) is 4.39 Å². The molecule has 0 aliphatic heterocycles. The summed E-state index contributed by atoms with van der Waals surface area (Å²) in [5, 5.41) is 22.1. The minimum absolute atomic E-state index is 0.136. The van der Waals surface area contributed by atoms with Gasteiger partial charge >= 0.3 is 0 Å². The third-order valence-electron chi connectivity index (χ3n) is 5.25. The second-order valence-electron chi connectivity index (χ2n) is 7.56. The molecule has 0 saturated heterocycles.